The molecule has 0 spiro atoms. The van der Waals surface area contributed by atoms with Crippen LogP contribution in [0.15, 0.2) is 84.2 Å². The summed E-state index contributed by atoms with van der Waals surface area (Å²) < 4.78 is 1.76. The molecular weight excluding hydrogens is 418 g/mol. The Morgan fingerprint density at radius 3 is 2.66 bits per heavy atom. The van der Waals surface area contributed by atoms with Crippen molar-refractivity contribution in [1.29, 1.82) is 0 Å². The average molecular weight is 440 g/mol. The van der Waals surface area contributed by atoms with Gasteiger partial charge in [0.25, 0.3) is 0 Å². The molecule has 158 valence electrons. The van der Waals surface area contributed by atoms with E-state index in [1.807, 2.05) is 91.2 Å². The first-order chi connectivity index (χ1) is 15.7. The maximum atomic E-state index is 13.0. The van der Waals surface area contributed by atoms with Gasteiger partial charge in [-0.05, 0) is 47.7 Å². The second-order valence-corrected chi connectivity index (χ2v) is 8.38. The molecule has 0 aliphatic rings. The van der Waals surface area contributed by atoms with Crippen molar-refractivity contribution in [3.05, 3.63) is 89.8 Å². The topological polar surface area (TPSA) is 72.2 Å². The molecule has 0 aliphatic carbocycles. The van der Waals surface area contributed by atoms with Gasteiger partial charge in [-0.3, -0.25) is 4.79 Å². The number of fused-ring (bicyclic) bond motifs is 1. The number of carbonyl (C=O) groups excluding carboxylic acids is 1. The summed E-state index contributed by atoms with van der Waals surface area (Å²) in [6.07, 6.45) is 0.729. The summed E-state index contributed by atoms with van der Waals surface area (Å²) in [6, 6.07) is 25.4. The van der Waals surface area contributed by atoms with E-state index in [2.05, 4.69) is 15.5 Å². The van der Waals surface area contributed by atoms with Crippen LogP contribution in [0.2, 0.25) is 0 Å². The van der Waals surface area contributed by atoms with Crippen molar-refractivity contribution in [2.45, 2.75) is 19.3 Å². The lowest BCUT2D eigenvalue weighted by atomic mass is 9.95. The van der Waals surface area contributed by atoms with E-state index in [1.165, 1.54) is 0 Å². The van der Waals surface area contributed by atoms with Crippen LogP contribution in [-0.4, -0.2) is 25.7 Å². The fraction of sp³-hybridized carbons (Fsp3) is 0.120. The number of hydrogen-bond donors (Lipinski definition) is 1. The Labute approximate surface area is 189 Å². The number of nitrogens with one attached hydrogen (secondary N) is 1. The molecule has 2 aromatic carbocycles. The molecule has 3 aromatic heterocycles. The van der Waals surface area contributed by atoms with Gasteiger partial charge in [0, 0.05) is 11.3 Å². The molecule has 1 N–H and O–H groups in total. The third kappa shape index (κ3) is 3.90. The number of benzene rings is 2. The molecule has 3 heterocycles. The molecular formula is C25H21N5OS. The highest BCUT2D eigenvalue weighted by molar-refractivity contribution is 7.13. The lowest BCUT2D eigenvalue weighted by Crippen LogP contribution is -2.20. The zero-order valence-corrected chi connectivity index (χ0v) is 18.3. The third-order valence-electron chi connectivity index (χ3n) is 5.36. The lowest BCUT2D eigenvalue weighted by molar-refractivity contribution is -0.117. The van der Waals surface area contributed by atoms with E-state index in [-0.39, 0.29) is 11.8 Å². The molecule has 7 heteroatoms. The average Bonchev–Trinajstić information content (AvgIpc) is 3.50. The Balaban J connectivity index is 1.43. The normalized spacial score (nSPS) is 12.0. The van der Waals surface area contributed by atoms with Crippen LogP contribution < -0.4 is 5.32 Å². The molecule has 1 amide bonds. The van der Waals surface area contributed by atoms with E-state index >= 15 is 0 Å². The highest BCUT2D eigenvalue weighted by atomic mass is 32.1. The largest absolute Gasteiger partial charge is 0.326 e. The Bertz CT molecular complexity index is 1360. The highest BCUT2D eigenvalue weighted by Crippen LogP contribution is 2.27. The maximum absolute atomic E-state index is 13.0. The number of rotatable bonds is 6. The number of carbonyl (C=O) groups is 1. The van der Waals surface area contributed by atoms with Gasteiger partial charge in [0.05, 0.1) is 16.5 Å². The van der Waals surface area contributed by atoms with Crippen LogP contribution in [0.25, 0.3) is 27.6 Å². The van der Waals surface area contributed by atoms with E-state index in [4.69, 9.17) is 5.10 Å². The predicted octanol–water partition coefficient (Wildman–Crippen LogP) is 5.65. The van der Waals surface area contributed by atoms with Gasteiger partial charge in [0.1, 0.15) is 0 Å². The smallest absolute Gasteiger partial charge is 0.231 e. The van der Waals surface area contributed by atoms with Gasteiger partial charge in [-0.2, -0.15) is 9.61 Å². The van der Waals surface area contributed by atoms with Crippen molar-refractivity contribution >= 4 is 28.6 Å². The Kier molecular flexibility index (Phi) is 5.47. The molecule has 0 radical (unpaired) electrons. The van der Waals surface area contributed by atoms with E-state index < -0.39 is 0 Å². The molecule has 0 saturated carbocycles. The van der Waals surface area contributed by atoms with Crippen molar-refractivity contribution in [2.75, 3.05) is 5.32 Å². The summed E-state index contributed by atoms with van der Waals surface area (Å²) in [7, 11) is 0. The first kappa shape index (κ1) is 20.1. The van der Waals surface area contributed by atoms with Crippen LogP contribution in [0.1, 0.15) is 24.8 Å². The first-order valence-electron chi connectivity index (χ1n) is 10.5. The monoisotopic (exact) mass is 439 g/mol. The molecule has 32 heavy (non-hydrogen) atoms. The van der Waals surface area contributed by atoms with E-state index in [0.29, 0.717) is 5.65 Å². The van der Waals surface area contributed by atoms with Crippen LogP contribution in [0.3, 0.4) is 0 Å². The molecule has 0 bridgehead atoms. The highest BCUT2D eigenvalue weighted by Gasteiger charge is 2.19. The molecule has 0 aliphatic heterocycles. The van der Waals surface area contributed by atoms with Gasteiger partial charge in [-0.15, -0.1) is 21.5 Å². The Morgan fingerprint density at radius 2 is 1.88 bits per heavy atom. The van der Waals surface area contributed by atoms with Gasteiger partial charge in [-0.25, -0.2) is 0 Å². The summed E-state index contributed by atoms with van der Waals surface area (Å²) >= 11 is 1.60. The number of anilines is 1. The fourth-order valence-corrected chi connectivity index (χ4v) is 4.44. The van der Waals surface area contributed by atoms with Crippen LogP contribution >= 0.6 is 11.3 Å². The van der Waals surface area contributed by atoms with Gasteiger partial charge < -0.3 is 5.32 Å². The molecule has 0 fully saturated rings. The first-order valence-corrected chi connectivity index (χ1v) is 11.3. The minimum absolute atomic E-state index is 0.0157. The molecule has 0 saturated heterocycles. The van der Waals surface area contributed by atoms with Crippen LogP contribution in [0.5, 0.6) is 0 Å². The van der Waals surface area contributed by atoms with Crippen LogP contribution in [0.4, 0.5) is 5.69 Å². The number of amides is 1. The predicted molar refractivity (Wildman–Crippen MR) is 128 cm³/mol. The maximum Gasteiger partial charge on any atom is 0.231 e. The Hall–Kier alpha value is -3.84. The number of aromatic nitrogens is 4. The standard InChI is InChI=1S/C25H21N5OS/c1-2-20(17-8-4-3-5-9-17)25(31)26-19-11-6-10-18(16-19)21-13-14-23-27-28-24(30(23)29-21)22-12-7-15-32-22/h3-16,20H,2H2,1H3,(H,26,31). The zero-order chi connectivity index (χ0) is 21.9. The van der Waals surface area contributed by atoms with Crippen molar-refractivity contribution in [3.8, 4) is 22.0 Å². The van der Waals surface area contributed by atoms with Crippen molar-refractivity contribution in [3.63, 3.8) is 0 Å². The molecule has 1 atom stereocenters. The van der Waals surface area contributed by atoms with Gasteiger partial charge in [0.15, 0.2) is 11.5 Å². The van der Waals surface area contributed by atoms with Crippen molar-refractivity contribution in [2.24, 2.45) is 0 Å². The van der Waals surface area contributed by atoms with Gasteiger partial charge >= 0.3 is 0 Å². The summed E-state index contributed by atoms with van der Waals surface area (Å²) in [4.78, 5) is 14.0. The fourth-order valence-electron chi connectivity index (χ4n) is 3.75. The summed E-state index contributed by atoms with van der Waals surface area (Å²) in [5.41, 5.74) is 4.13. The van der Waals surface area contributed by atoms with Crippen molar-refractivity contribution in [1.82, 2.24) is 19.8 Å². The van der Waals surface area contributed by atoms with Crippen LogP contribution in [0, 0.1) is 0 Å². The van der Waals surface area contributed by atoms with E-state index in [9.17, 15) is 4.79 Å². The Morgan fingerprint density at radius 1 is 1.00 bits per heavy atom. The lowest BCUT2D eigenvalue weighted by Gasteiger charge is -2.16. The van der Waals surface area contributed by atoms with Crippen LogP contribution in [-0.2, 0) is 4.79 Å². The molecule has 6 nitrogen and oxygen atoms in total. The summed E-state index contributed by atoms with van der Waals surface area (Å²) in [6.45, 7) is 2.02. The van der Waals surface area contributed by atoms with E-state index in [0.717, 1.165) is 39.6 Å². The second-order valence-electron chi connectivity index (χ2n) is 7.43. The molecule has 5 rings (SSSR count). The number of hydrogen-bond acceptors (Lipinski definition) is 5. The number of thiophene rings is 1. The zero-order valence-electron chi connectivity index (χ0n) is 17.5. The minimum atomic E-state index is -0.195. The molecule has 1 unspecified atom stereocenters. The van der Waals surface area contributed by atoms with Gasteiger partial charge in [-0.1, -0.05) is 55.5 Å². The van der Waals surface area contributed by atoms with E-state index in [1.54, 1.807) is 15.9 Å². The quantitative estimate of drug-likeness (QED) is 0.371. The minimum Gasteiger partial charge on any atom is -0.326 e. The summed E-state index contributed by atoms with van der Waals surface area (Å²) in [5, 5.41) is 18.4. The SMILES string of the molecule is CCC(C(=O)Nc1cccc(-c2ccc3nnc(-c4cccs4)n3n2)c1)c1ccccc1. The number of nitrogens with zero attached hydrogens (tertiary/aromatic N) is 4. The third-order valence-corrected chi connectivity index (χ3v) is 6.22. The molecule has 5 aromatic rings. The van der Waals surface area contributed by atoms with Gasteiger partial charge in [0.2, 0.25) is 5.91 Å². The summed E-state index contributed by atoms with van der Waals surface area (Å²) in [5.74, 6) is 0.507. The second kappa shape index (κ2) is 8.72. The van der Waals surface area contributed by atoms with Crippen molar-refractivity contribution < 1.29 is 4.79 Å².